The van der Waals surface area contributed by atoms with Gasteiger partial charge in [0.15, 0.2) is 0 Å². The van der Waals surface area contributed by atoms with Crippen LogP contribution >= 0.6 is 11.8 Å². The first-order chi connectivity index (χ1) is 19.5. The third-order valence-corrected chi connectivity index (χ3v) is 7.62. The Hall–Kier alpha value is -4.96. The summed E-state index contributed by atoms with van der Waals surface area (Å²) in [7, 11) is 0. The third-order valence-electron chi connectivity index (χ3n) is 6.71. The van der Waals surface area contributed by atoms with Gasteiger partial charge in [0, 0.05) is 54.3 Å². The molecule has 0 N–H and O–H groups in total. The highest BCUT2D eigenvalue weighted by Crippen LogP contribution is 2.35. The normalized spacial score (nSPS) is 14.5. The number of amides is 2. The van der Waals surface area contributed by atoms with Crippen LogP contribution in [-0.2, 0) is 11.3 Å². The van der Waals surface area contributed by atoms with Gasteiger partial charge in [-0.3, -0.25) is 24.6 Å². The summed E-state index contributed by atoms with van der Waals surface area (Å²) in [6, 6.07) is 25.8. The zero-order chi connectivity index (χ0) is 27.6. The lowest BCUT2D eigenvalue weighted by molar-refractivity contribution is -0.384. The van der Waals surface area contributed by atoms with Crippen molar-refractivity contribution >= 4 is 45.6 Å². The van der Waals surface area contributed by atoms with Gasteiger partial charge in [0.05, 0.1) is 15.5 Å². The number of carbonyl (C=O) groups is 2. The Morgan fingerprint density at radius 3 is 2.55 bits per heavy atom. The van der Waals surface area contributed by atoms with Crippen molar-refractivity contribution in [2.75, 3.05) is 6.54 Å². The first-order valence-corrected chi connectivity index (χ1v) is 13.5. The second-order valence-corrected chi connectivity index (χ2v) is 10.3. The Balaban J connectivity index is 1.27. The van der Waals surface area contributed by atoms with Crippen molar-refractivity contribution in [3.63, 3.8) is 0 Å². The molecule has 1 fully saturated rings. The summed E-state index contributed by atoms with van der Waals surface area (Å²) in [6.45, 7) is 0.977. The third kappa shape index (κ3) is 4.92. The molecule has 3 heterocycles. The number of para-hydroxylation sites is 2. The molecule has 5 aromatic rings. The first-order valence-electron chi connectivity index (χ1n) is 12.7. The zero-order valence-electron chi connectivity index (χ0n) is 21.2. The molecule has 198 valence electrons. The Labute approximate surface area is 233 Å². The Kier molecular flexibility index (Phi) is 6.75. The minimum atomic E-state index is -0.459. The van der Waals surface area contributed by atoms with Crippen LogP contribution in [0.2, 0.25) is 0 Å². The van der Waals surface area contributed by atoms with Crippen molar-refractivity contribution in [3.05, 3.63) is 118 Å². The number of aromatic nitrogens is 3. The number of nitrogens with zero attached hydrogens (tertiary/aromatic N) is 5. The molecule has 2 amide bonds. The van der Waals surface area contributed by atoms with Crippen LogP contribution in [0.15, 0.2) is 102 Å². The van der Waals surface area contributed by atoms with Gasteiger partial charge >= 0.3 is 0 Å². The highest BCUT2D eigenvalue weighted by Gasteiger charge is 2.35. The minimum Gasteiger partial charge on any atom is -0.347 e. The quantitative estimate of drug-likeness (QED) is 0.124. The summed E-state index contributed by atoms with van der Waals surface area (Å²) in [5.41, 5.74) is 3.43. The number of fused-ring (bicyclic) bond motifs is 1. The van der Waals surface area contributed by atoms with E-state index in [2.05, 4.69) is 15.7 Å². The van der Waals surface area contributed by atoms with Crippen molar-refractivity contribution in [2.24, 2.45) is 0 Å². The lowest BCUT2D eigenvalue weighted by atomic mass is 10.1. The average Bonchev–Trinajstić information content (AvgIpc) is 3.66. The smallest absolute Gasteiger partial charge is 0.293 e. The van der Waals surface area contributed by atoms with Crippen LogP contribution < -0.4 is 0 Å². The zero-order valence-corrected chi connectivity index (χ0v) is 22.0. The summed E-state index contributed by atoms with van der Waals surface area (Å²) in [6.07, 6.45) is 6.03. The number of hydrogen-bond acceptors (Lipinski definition) is 6. The molecule has 3 aromatic carbocycles. The number of carbonyl (C=O) groups excluding carboxylic acids is 2. The van der Waals surface area contributed by atoms with Gasteiger partial charge in [-0.15, -0.1) is 0 Å². The van der Waals surface area contributed by atoms with Crippen LogP contribution in [0.3, 0.4) is 0 Å². The van der Waals surface area contributed by atoms with Crippen LogP contribution in [0.4, 0.5) is 10.5 Å². The van der Waals surface area contributed by atoms with Crippen molar-refractivity contribution in [2.45, 2.75) is 13.0 Å². The van der Waals surface area contributed by atoms with Crippen molar-refractivity contribution in [3.8, 4) is 16.9 Å². The summed E-state index contributed by atoms with van der Waals surface area (Å²) in [4.78, 5) is 38.6. The molecule has 10 heteroatoms. The highest BCUT2D eigenvalue weighted by molar-refractivity contribution is 8.18. The molecule has 0 radical (unpaired) electrons. The van der Waals surface area contributed by atoms with Crippen LogP contribution in [0.5, 0.6) is 0 Å². The lowest BCUT2D eigenvalue weighted by Gasteiger charge is -2.13. The average molecular weight is 550 g/mol. The van der Waals surface area contributed by atoms with E-state index in [1.165, 1.54) is 17.0 Å². The Morgan fingerprint density at radius 1 is 0.925 bits per heavy atom. The van der Waals surface area contributed by atoms with E-state index in [9.17, 15) is 19.7 Å². The van der Waals surface area contributed by atoms with Crippen LogP contribution in [0, 0.1) is 10.1 Å². The van der Waals surface area contributed by atoms with E-state index in [-0.39, 0.29) is 21.7 Å². The van der Waals surface area contributed by atoms with Gasteiger partial charge in [0.2, 0.25) is 0 Å². The molecule has 1 saturated heterocycles. The van der Waals surface area contributed by atoms with Crippen LogP contribution in [-0.4, -0.2) is 41.9 Å². The summed E-state index contributed by atoms with van der Waals surface area (Å²) >= 11 is 0.891. The van der Waals surface area contributed by atoms with Crippen LogP contribution in [0.25, 0.3) is 33.9 Å². The molecular weight excluding hydrogens is 526 g/mol. The molecule has 0 aliphatic carbocycles. The SMILES string of the molecule is O=C1S/C(=C\c2cn(-c3ccccc3)nc2-c2cccc([N+](=O)[O-])c2)C(=O)N1CCCn1ccc2ccccc21. The number of hydrogen-bond donors (Lipinski definition) is 0. The number of imide groups is 1. The molecule has 0 spiro atoms. The molecule has 1 aliphatic heterocycles. The maximum Gasteiger partial charge on any atom is 0.293 e. The molecular formula is C30H23N5O4S. The largest absolute Gasteiger partial charge is 0.347 e. The minimum absolute atomic E-state index is 0.0616. The molecule has 0 unspecified atom stereocenters. The predicted molar refractivity (Wildman–Crippen MR) is 155 cm³/mol. The maximum atomic E-state index is 13.3. The number of benzene rings is 3. The topological polar surface area (TPSA) is 103 Å². The molecule has 6 rings (SSSR count). The molecule has 40 heavy (non-hydrogen) atoms. The summed E-state index contributed by atoms with van der Waals surface area (Å²) < 4.78 is 3.78. The van der Waals surface area contributed by atoms with Gasteiger partial charge in [-0.2, -0.15) is 5.10 Å². The number of thioether (sulfide) groups is 1. The van der Waals surface area contributed by atoms with E-state index in [0.717, 1.165) is 28.4 Å². The molecule has 1 aliphatic rings. The molecule has 0 bridgehead atoms. The van der Waals surface area contributed by atoms with Crippen molar-refractivity contribution in [1.29, 1.82) is 0 Å². The predicted octanol–water partition coefficient (Wildman–Crippen LogP) is 6.53. The molecule has 9 nitrogen and oxygen atoms in total. The fourth-order valence-electron chi connectivity index (χ4n) is 4.77. The molecule has 2 aromatic heterocycles. The highest BCUT2D eigenvalue weighted by atomic mass is 32.2. The second-order valence-electron chi connectivity index (χ2n) is 9.28. The van der Waals surface area contributed by atoms with E-state index in [4.69, 9.17) is 0 Å². The monoisotopic (exact) mass is 549 g/mol. The summed E-state index contributed by atoms with van der Waals surface area (Å²) in [5, 5.41) is 16.9. The number of nitro groups is 1. The fraction of sp³-hybridized carbons (Fsp3) is 0.100. The van der Waals surface area contributed by atoms with Crippen molar-refractivity contribution in [1.82, 2.24) is 19.2 Å². The Morgan fingerprint density at radius 2 is 1.73 bits per heavy atom. The molecule has 0 saturated carbocycles. The second kappa shape index (κ2) is 10.7. The van der Waals surface area contributed by atoms with Gasteiger partial charge < -0.3 is 4.57 Å². The number of aryl methyl sites for hydroxylation is 1. The first kappa shape index (κ1) is 25.3. The van der Waals surface area contributed by atoms with E-state index >= 15 is 0 Å². The molecule has 0 atom stereocenters. The van der Waals surface area contributed by atoms with Gasteiger partial charge in [-0.1, -0.05) is 48.5 Å². The number of nitro benzene ring substituents is 1. The van der Waals surface area contributed by atoms with Gasteiger partial charge in [0.25, 0.3) is 16.8 Å². The number of rotatable bonds is 8. The summed E-state index contributed by atoms with van der Waals surface area (Å²) in [5.74, 6) is -0.357. The van der Waals surface area contributed by atoms with Crippen LogP contribution in [0.1, 0.15) is 12.0 Å². The van der Waals surface area contributed by atoms with Gasteiger partial charge in [-0.25, -0.2) is 4.68 Å². The number of non-ortho nitro benzene ring substituents is 1. The fourth-order valence-corrected chi connectivity index (χ4v) is 5.62. The van der Waals surface area contributed by atoms with Gasteiger partial charge in [-0.05, 0) is 53.9 Å². The van der Waals surface area contributed by atoms with Crippen molar-refractivity contribution < 1.29 is 14.5 Å². The van der Waals surface area contributed by atoms with Gasteiger partial charge in [0.1, 0.15) is 5.69 Å². The maximum absolute atomic E-state index is 13.3. The standard InChI is InChI=1S/C30H23N5O4S/c36-29-27(40-30(37)33(29)16-7-15-32-17-14-21-8-4-5-13-26(21)32)19-23-20-34(24-10-2-1-3-11-24)31-28(23)22-9-6-12-25(18-22)35(38)39/h1-6,8-14,17-20H,7,15-16H2/b27-19-. The van der Waals surface area contributed by atoms with E-state index < -0.39 is 4.92 Å². The lowest BCUT2D eigenvalue weighted by Crippen LogP contribution is -2.29. The van der Waals surface area contributed by atoms with E-state index in [0.29, 0.717) is 36.3 Å². The van der Waals surface area contributed by atoms with E-state index in [1.54, 1.807) is 29.1 Å². The van der Waals surface area contributed by atoms with E-state index in [1.807, 2.05) is 60.8 Å². The Bertz CT molecular complexity index is 1790.